The summed E-state index contributed by atoms with van der Waals surface area (Å²) in [4.78, 5) is 0. The van der Waals surface area contributed by atoms with Gasteiger partial charge >= 0.3 is 0 Å². The van der Waals surface area contributed by atoms with E-state index in [9.17, 15) is 0 Å². The Labute approximate surface area is 108 Å². The Hall–Kier alpha value is -1.18. The van der Waals surface area contributed by atoms with Crippen LogP contribution in [0.4, 0.5) is 0 Å². The number of nitriles is 1. The van der Waals surface area contributed by atoms with Crippen LogP contribution in [0.2, 0.25) is 0 Å². The minimum Gasteiger partial charge on any atom is -0.494 e. The van der Waals surface area contributed by atoms with Gasteiger partial charge in [0.2, 0.25) is 0 Å². The lowest BCUT2D eigenvalue weighted by Gasteiger charge is -2.08. The van der Waals surface area contributed by atoms with Crippen molar-refractivity contribution in [2.75, 3.05) is 12.4 Å². The maximum absolute atomic E-state index is 8.73. The van der Waals surface area contributed by atoms with Gasteiger partial charge in [0.05, 0.1) is 18.2 Å². The summed E-state index contributed by atoms with van der Waals surface area (Å²) in [5.41, 5.74) is 6.38. The molecule has 0 aromatic heterocycles. The van der Waals surface area contributed by atoms with Gasteiger partial charge < -0.3 is 10.5 Å². The Morgan fingerprint density at radius 2 is 2.24 bits per heavy atom. The highest BCUT2D eigenvalue weighted by Gasteiger charge is 2.00. The van der Waals surface area contributed by atoms with Crippen LogP contribution in [0.1, 0.15) is 24.8 Å². The van der Waals surface area contributed by atoms with Crippen LogP contribution in [-0.4, -0.2) is 18.4 Å². The highest BCUT2D eigenvalue weighted by Crippen LogP contribution is 2.13. The number of hydrogen-bond acceptors (Lipinski definition) is 4. The molecule has 0 saturated heterocycles. The van der Waals surface area contributed by atoms with E-state index in [0.29, 0.717) is 12.2 Å². The summed E-state index contributed by atoms with van der Waals surface area (Å²) in [5.74, 6) is 1.48. The van der Waals surface area contributed by atoms with Crippen LogP contribution in [0.15, 0.2) is 24.3 Å². The van der Waals surface area contributed by atoms with Gasteiger partial charge in [0.1, 0.15) is 5.75 Å². The Kier molecular flexibility index (Phi) is 6.53. The zero-order chi connectivity index (χ0) is 12.5. The number of benzene rings is 1. The van der Waals surface area contributed by atoms with Crippen LogP contribution in [0, 0.1) is 11.3 Å². The predicted molar refractivity (Wildman–Crippen MR) is 72.3 cm³/mol. The Morgan fingerprint density at radius 3 is 2.94 bits per heavy atom. The molecule has 1 atom stereocenters. The minimum absolute atomic E-state index is 0.181. The third kappa shape index (κ3) is 5.62. The number of nitrogens with two attached hydrogens (primary N) is 1. The molecule has 0 unspecified atom stereocenters. The van der Waals surface area contributed by atoms with E-state index < -0.39 is 0 Å². The van der Waals surface area contributed by atoms with Gasteiger partial charge in [-0.2, -0.15) is 17.9 Å². The second-order valence-corrected chi connectivity index (χ2v) is 4.29. The van der Waals surface area contributed by atoms with E-state index in [4.69, 9.17) is 15.7 Å². The lowest BCUT2D eigenvalue weighted by atomic mass is 10.1. The first-order valence-electron chi connectivity index (χ1n) is 5.75. The largest absolute Gasteiger partial charge is 0.494 e. The molecule has 0 aliphatic carbocycles. The van der Waals surface area contributed by atoms with E-state index in [2.05, 4.69) is 18.7 Å². The van der Waals surface area contributed by atoms with E-state index in [1.54, 1.807) is 12.1 Å². The van der Waals surface area contributed by atoms with Crippen LogP contribution < -0.4 is 10.5 Å². The third-order valence-corrected chi connectivity index (χ3v) is 2.90. The molecule has 0 bridgehead atoms. The summed E-state index contributed by atoms with van der Waals surface area (Å²) in [6, 6.07) is 9.46. The van der Waals surface area contributed by atoms with Gasteiger partial charge in [-0.25, -0.2) is 0 Å². The van der Waals surface area contributed by atoms with Crippen molar-refractivity contribution in [1.82, 2.24) is 0 Å². The molecule has 0 amide bonds. The van der Waals surface area contributed by atoms with Gasteiger partial charge in [0.25, 0.3) is 0 Å². The van der Waals surface area contributed by atoms with Gasteiger partial charge in [0.15, 0.2) is 0 Å². The molecule has 1 aromatic carbocycles. The second-order valence-electron chi connectivity index (χ2n) is 3.93. The van der Waals surface area contributed by atoms with Crippen LogP contribution in [0.25, 0.3) is 0 Å². The average molecular weight is 250 g/mol. The molecule has 17 heavy (non-hydrogen) atoms. The Morgan fingerprint density at radius 1 is 1.41 bits per heavy atom. The molecule has 0 saturated carbocycles. The fraction of sp³-hybridized carbons (Fsp3) is 0.462. The van der Waals surface area contributed by atoms with Crippen molar-refractivity contribution in [3.05, 3.63) is 29.8 Å². The smallest absolute Gasteiger partial charge is 0.120 e. The maximum Gasteiger partial charge on any atom is 0.120 e. The van der Waals surface area contributed by atoms with Gasteiger partial charge in [0, 0.05) is 11.8 Å². The average Bonchev–Trinajstić information content (AvgIpc) is 2.38. The quantitative estimate of drug-likeness (QED) is 0.577. The number of ether oxygens (including phenoxy) is 1. The summed E-state index contributed by atoms with van der Waals surface area (Å²) < 4.78 is 5.55. The van der Waals surface area contributed by atoms with Crippen molar-refractivity contribution in [3.63, 3.8) is 0 Å². The first-order chi connectivity index (χ1) is 8.26. The number of rotatable bonds is 7. The van der Waals surface area contributed by atoms with Gasteiger partial charge in [-0.15, -0.1) is 0 Å². The highest BCUT2D eigenvalue weighted by molar-refractivity contribution is 7.80. The molecule has 4 heteroatoms. The number of unbranched alkanes of at least 4 members (excludes halogenated alkanes) is 1. The number of thiol groups is 1. The van der Waals surface area contributed by atoms with Crippen molar-refractivity contribution in [2.24, 2.45) is 5.73 Å². The van der Waals surface area contributed by atoms with E-state index >= 15 is 0 Å². The fourth-order valence-corrected chi connectivity index (χ4v) is 1.63. The second kappa shape index (κ2) is 7.99. The molecule has 0 aliphatic heterocycles. The van der Waals surface area contributed by atoms with E-state index in [0.717, 1.165) is 30.8 Å². The molecule has 0 fully saturated rings. The Balaban J connectivity index is 2.20. The summed E-state index contributed by atoms with van der Waals surface area (Å²) >= 11 is 4.13. The summed E-state index contributed by atoms with van der Waals surface area (Å²) in [6.07, 6.45) is 2.99. The molecule has 0 heterocycles. The number of hydrogen-bond donors (Lipinski definition) is 2. The predicted octanol–water partition coefficient (Wildman–Crippen LogP) is 2.36. The summed E-state index contributed by atoms with van der Waals surface area (Å²) in [5, 5.41) is 8.73. The standard InChI is InChI=1S/C13H18N2OS/c14-9-11-4-3-6-13(8-11)16-7-2-1-5-12(15)10-17/h3-4,6,8,12,17H,1-2,5,7,10,15H2/t12-/m1/s1. The van der Waals surface area contributed by atoms with Crippen LogP contribution in [0.5, 0.6) is 5.75 Å². The summed E-state index contributed by atoms with van der Waals surface area (Å²) in [7, 11) is 0. The van der Waals surface area contributed by atoms with E-state index in [1.165, 1.54) is 0 Å². The lowest BCUT2D eigenvalue weighted by molar-refractivity contribution is 0.304. The molecule has 92 valence electrons. The van der Waals surface area contributed by atoms with Gasteiger partial charge in [-0.3, -0.25) is 0 Å². The third-order valence-electron chi connectivity index (χ3n) is 2.44. The van der Waals surface area contributed by atoms with Crippen LogP contribution >= 0.6 is 12.6 Å². The first kappa shape index (κ1) is 13.9. The molecular formula is C13H18N2OS. The highest BCUT2D eigenvalue weighted by atomic mass is 32.1. The SMILES string of the molecule is N#Cc1cccc(OCCCC[C@@H](N)CS)c1. The molecule has 2 N–H and O–H groups in total. The topological polar surface area (TPSA) is 59.0 Å². The van der Waals surface area contributed by atoms with E-state index in [-0.39, 0.29) is 6.04 Å². The zero-order valence-corrected chi connectivity index (χ0v) is 10.7. The lowest BCUT2D eigenvalue weighted by Crippen LogP contribution is -2.21. The monoisotopic (exact) mass is 250 g/mol. The number of nitrogens with zero attached hydrogens (tertiary/aromatic N) is 1. The van der Waals surface area contributed by atoms with Crippen LogP contribution in [0.3, 0.4) is 0 Å². The fourth-order valence-electron chi connectivity index (χ4n) is 1.45. The zero-order valence-electron chi connectivity index (χ0n) is 9.80. The Bertz CT molecular complexity index is 376. The van der Waals surface area contributed by atoms with Gasteiger partial charge in [-0.05, 0) is 37.5 Å². The molecule has 0 aliphatic rings. The van der Waals surface area contributed by atoms with E-state index in [1.807, 2.05) is 12.1 Å². The van der Waals surface area contributed by atoms with Crippen molar-refractivity contribution >= 4 is 12.6 Å². The molecule has 1 aromatic rings. The molecule has 3 nitrogen and oxygen atoms in total. The summed E-state index contributed by atoms with van der Waals surface area (Å²) in [6.45, 7) is 0.661. The normalized spacial score (nSPS) is 11.8. The first-order valence-corrected chi connectivity index (χ1v) is 6.39. The van der Waals surface area contributed by atoms with Gasteiger partial charge in [-0.1, -0.05) is 6.07 Å². The molecule has 1 rings (SSSR count). The maximum atomic E-state index is 8.73. The molecule has 0 spiro atoms. The van der Waals surface area contributed by atoms with Crippen molar-refractivity contribution in [1.29, 1.82) is 5.26 Å². The minimum atomic E-state index is 0.181. The molecular weight excluding hydrogens is 232 g/mol. The van der Waals surface area contributed by atoms with Crippen molar-refractivity contribution in [2.45, 2.75) is 25.3 Å². The van der Waals surface area contributed by atoms with Crippen molar-refractivity contribution in [3.8, 4) is 11.8 Å². The van der Waals surface area contributed by atoms with Crippen LogP contribution in [-0.2, 0) is 0 Å². The molecule has 0 radical (unpaired) electrons. The van der Waals surface area contributed by atoms with Crippen molar-refractivity contribution < 1.29 is 4.74 Å².